The summed E-state index contributed by atoms with van der Waals surface area (Å²) in [5.41, 5.74) is 0.695. The summed E-state index contributed by atoms with van der Waals surface area (Å²) in [4.78, 5) is 30.9. The van der Waals surface area contributed by atoms with E-state index in [1.807, 2.05) is 6.92 Å². The first-order valence-corrected chi connectivity index (χ1v) is 8.33. The second-order valence-corrected chi connectivity index (χ2v) is 5.32. The number of carboxylic acid groups (broad SMARTS) is 1. The van der Waals surface area contributed by atoms with Crippen molar-refractivity contribution >= 4 is 17.9 Å². The Morgan fingerprint density at radius 2 is 1.81 bits per heavy atom. The number of epoxide rings is 1. The van der Waals surface area contributed by atoms with Gasteiger partial charge in [0.25, 0.3) is 0 Å². The third-order valence-electron chi connectivity index (χ3n) is 2.79. The molecule has 0 aromatic rings. The molecule has 0 aromatic heterocycles. The zero-order valence-electron chi connectivity index (χ0n) is 15.9. The molecule has 0 saturated carbocycles. The van der Waals surface area contributed by atoms with Crippen LogP contribution in [0.25, 0.3) is 0 Å². The van der Waals surface area contributed by atoms with E-state index in [2.05, 4.69) is 24.5 Å². The number of hydrogen-bond acceptors (Lipinski definition) is 6. The van der Waals surface area contributed by atoms with Gasteiger partial charge in [0, 0.05) is 17.2 Å². The molecular formula is C19H30O7. The van der Waals surface area contributed by atoms with Crippen LogP contribution in [0.5, 0.6) is 0 Å². The molecule has 1 aliphatic heterocycles. The van der Waals surface area contributed by atoms with Gasteiger partial charge in [-0.1, -0.05) is 40.0 Å². The highest BCUT2D eigenvalue weighted by Crippen LogP contribution is 2.09. The molecule has 1 unspecified atom stereocenters. The molecule has 0 aromatic carbocycles. The van der Waals surface area contributed by atoms with Crippen LogP contribution < -0.4 is 0 Å². The van der Waals surface area contributed by atoms with E-state index >= 15 is 0 Å². The van der Waals surface area contributed by atoms with Gasteiger partial charge in [0.05, 0.1) is 13.2 Å². The van der Waals surface area contributed by atoms with Crippen LogP contribution in [0, 0.1) is 0 Å². The standard InChI is InChI=1S/C7H10O3.C7H12O2.C5H8O2/c1-5(2)7(8)10-4-6-3-9-6;1-3-5-6-9-7(8)4-2;1-3-4(2)5(6)7/h6H,1,3-4H2,2H3;4H,2-3,5-6H2,1H3;2-3H2,1H3,(H,6,7). The second kappa shape index (κ2) is 16.1. The van der Waals surface area contributed by atoms with Gasteiger partial charge in [0.15, 0.2) is 0 Å². The van der Waals surface area contributed by atoms with Crippen LogP contribution in [0.2, 0.25) is 0 Å². The van der Waals surface area contributed by atoms with Crippen LogP contribution >= 0.6 is 0 Å². The van der Waals surface area contributed by atoms with Crippen molar-refractivity contribution in [3.8, 4) is 0 Å². The number of rotatable bonds is 9. The van der Waals surface area contributed by atoms with Crippen molar-refractivity contribution in [2.75, 3.05) is 19.8 Å². The van der Waals surface area contributed by atoms with Crippen LogP contribution in [-0.4, -0.2) is 48.9 Å². The zero-order valence-corrected chi connectivity index (χ0v) is 15.9. The second-order valence-electron chi connectivity index (χ2n) is 5.32. The lowest BCUT2D eigenvalue weighted by Gasteiger charge is -1.99. The molecule has 1 atom stereocenters. The molecule has 0 amide bonds. The third kappa shape index (κ3) is 17.9. The lowest BCUT2D eigenvalue weighted by molar-refractivity contribution is -0.139. The lowest BCUT2D eigenvalue weighted by Crippen LogP contribution is -2.09. The molecule has 0 bridgehead atoms. The van der Waals surface area contributed by atoms with E-state index in [-0.39, 0.29) is 23.6 Å². The maximum Gasteiger partial charge on any atom is 0.333 e. The van der Waals surface area contributed by atoms with E-state index in [4.69, 9.17) is 14.6 Å². The Kier molecular flexibility index (Phi) is 16.0. The van der Waals surface area contributed by atoms with Crippen molar-refractivity contribution in [3.63, 3.8) is 0 Å². The van der Waals surface area contributed by atoms with Gasteiger partial charge < -0.3 is 19.3 Å². The van der Waals surface area contributed by atoms with Crippen LogP contribution in [0.1, 0.15) is 40.0 Å². The number of ether oxygens (including phenoxy) is 3. The third-order valence-corrected chi connectivity index (χ3v) is 2.79. The Labute approximate surface area is 155 Å². The fourth-order valence-electron chi connectivity index (χ4n) is 0.983. The van der Waals surface area contributed by atoms with Crippen molar-refractivity contribution in [3.05, 3.63) is 37.0 Å². The first-order valence-electron chi connectivity index (χ1n) is 8.33. The highest BCUT2D eigenvalue weighted by molar-refractivity contribution is 5.87. The van der Waals surface area contributed by atoms with E-state index in [9.17, 15) is 14.4 Å². The molecule has 7 nitrogen and oxygen atoms in total. The molecule has 0 spiro atoms. The van der Waals surface area contributed by atoms with Gasteiger partial charge in [-0.05, 0) is 19.8 Å². The first kappa shape index (κ1) is 25.8. The van der Waals surface area contributed by atoms with Crippen LogP contribution in [0.15, 0.2) is 37.0 Å². The van der Waals surface area contributed by atoms with Crippen LogP contribution in [0.4, 0.5) is 0 Å². The fraction of sp³-hybridized carbons (Fsp3) is 0.526. The SMILES string of the molecule is C=C(C)C(=O)OCC1CO1.C=C(CC)C(=O)O.C=CC(=O)OCCCC. The summed E-state index contributed by atoms with van der Waals surface area (Å²) in [5, 5.41) is 8.08. The van der Waals surface area contributed by atoms with E-state index in [0.29, 0.717) is 31.8 Å². The smallest absolute Gasteiger partial charge is 0.333 e. The van der Waals surface area contributed by atoms with E-state index in [1.165, 1.54) is 6.08 Å². The van der Waals surface area contributed by atoms with Crippen LogP contribution in [0.3, 0.4) is 0 Å². The summed E-state index contributed by atoms with van der Waals surface area (Å²) in [6, 6.07) is 0. The number of carboxylic acids is 1. The molecule has 26 heavy (non-hydrogen) atoms. The number of carbonyl (C=O) groups is 3. The van der Waals surface area contributed by atoms with E-state index in [0.717, 1.165) is 12.8 Å². The highest BCUT2D eigenvalue weighted by Gasteiger charge is 2.24. The monoisotopic (exact) mass is 370 g/mol. The van der Waals surface area contributed by atoms with Gasteiger partial charge in [0.2, 0.25) is 0 Å². The summed E-state index contributed by atoms with van der Waals surface area (Å²) >= 11 is 0. The first-order chi connectivity index (χ1) is 12.2. The summed E-state index contributed by atoms with van der Waals surface area (Å²) in [7, 11) is 0. The highest BCUT2D eigenvalue weighted by atomic mass is 16.6. The molecule has 1 heterocycles. The minimum absolute atomic E-state index is 0.142. The van der Waals surface area contributed by atoms with Crippen molar-refractivity contribution < 1.29 is 33.7 Å². The minimum Gasteiger partial charge on any atom is -0.478 e. The number of aliphatic carboxylic acids is 1. The summed E-state index contributed by atoms with van der Waals surface area (Å²) < 4.78 is 14.3. The number of hydrogen-bond donors (Lipinski definition) is 1. The molecule has 1 N–H and O–H groups in total. The normalized spacial score (nSPS) is 13.6. The van der Waals surface area contributed by atoms with E-state index in [1.54, 1.807) is 13.8 Å². The molecule has 1 saturated heterocycles. The summed E-state index contributed by atoms with van der Waals surface area (Å²) in [6.07, 6.45) is 3.82. The topological polar surface area (TPSA) is 102 Å². The number of esters is 2. The van der Waals surface area contributed by atoms with Gasteiger partial charge in [-0.3, -0.25) is 0 Å². The van der Waals surface area contributed by atoms with E-state index < -0.39 is 5.97 Å². The average Bonchev–Trinajstić information content (AvgIpc) is 3.44. The van der Waals surface area contributed by atoms with Gasteiger partial charge in [-0.2, -0.15) is 0 Å². The Balaban J connectivity index is 0. The number of carbonyl (C=O) groups excluding carboxylic acids is 2. The van der Waals surface area contributed by atoms with Crippen molar-refractivity contribution in [1.82, 2.24) is 0 Å². The number of unbranched alkanes of at least 4 members (excludes halogenated alkanes) is 1. The molecule has 148 valence electrons. The van der Waals surface area contributed by atoms with Gasteiger partial charge in [-0.25, -0.2) is 14.4 Å². The maximum atomic E-state index is 10.7. The van der Waals surface area contributed by atoms with Gasteiger partial charge >= 0.3 is 17.9 Å². The molecule has 1 rings (SSSR count). The Bertz CT molecular complexity index is 490. The lowest BCUT2D eigenvalue weighted by atomic mass is 10.2. The Morgan fingerprint density at radius 3 is 2.12 bits per heavy atom. The Hall–Kier alpha value is -2.41. The molecule has 0 aliphatic carbocycles. The average molecular weight is 370 g/mol. The minimum atomic E-state index is -0.900. The van der Waals surface area contributed by atoms with Gasteiger partial charge in [-0.15, -0.1) is 0 Å². The quantitative estimate of drug-likeness (QED) is 0.288. The molecule has 0 radical (unpaired) electrons. The van der Waals surface area contributed by atoms with Crippen LogP contribution in [-0.2, 0) is 28.6 Å². The van der Waals surface area contributed by atoms with Crippen molar-refractivity contribution in [2.24, 2.45) is 0 Å². The predicted molar refractivity (Wildman–Crippen MR) is 98.6 cm³/mol. The largest absolute Gasteiger partial charge is 0.478 e. The van der Waals surface area contributed by atoms with Crippen molar-refractivity contribution in [2.45, 2.75) is 46.1 Å². The summed E-state index contributed by atoms with van der Waals surface area (Å²) in [6.45, 7) is 17.0. The maximum absolute atomic E-state index is 10.7. The van der Waals surface area contributed by atoms with Gasteiger partial charge in [0.1, 0.15) is 12.7 Å². The Morgan fingerprint density at radius 1 is 1.23 bits per heavy atom. The zero-order chi connectivity index (χ0) is 20.5. The molecule has 1 fully saturated rings. The molecule has 7 heteroatoms. The fourth-order valence-corrected chi connectivity index (χ4v) is 0.983. The predicted octanol–water partition coefficient (Wildman–Crippen LogP) is 3.06. The van der Waals surface area contributed by atoms with Crippen molar-refractivity contribution in [1.29, 1.82) is 0 Å². The summed E-state index contributed by atoms with van der Waals surface area (Å²) in [5.74, 6) is -1.57. The molecular weight excluding hydrogens is 340 g/mol. The molecule has 1 aliphatic rings.